The summed E-state index contributed by atoms with van der Waals surface area (Å²) in [6.45, 7) is 8.48. The Morgan fingerprint density at radius 2 is 1.39 bits per heavy atom. The summed E-state index contributed by atoms with van der Waals surface area (Å²) in [5, 5.41) is 0. The molecule has 2 atom stereocenters. The molecule has 0 fully saturated rings. The number of methoxy groups -OCH3 is 2. The first-order valence-electron chi connectivity index (χ1n) is 24.4. The van der Waals surface area contributed by atoms with E-state index >= 15 is 0 Å². The minimum absolute atomic E-state index is 0.00407. The summed E-state index contributed by atoms with van der Waals surface area (Å²) in [4.78, 5) is 53.9. The number of Topliss-reactive ketones (excluding diaryl/α,β-unsaturated/α-hetero) is 1. The van der Waals surface area contributed by atoms with Crippen LogP contribution >= 0.6 is 0 Å². The van der Waals surface area contributed by atoms with E-state index in [-0.39, 0.29) is 42.9 Å². The standard InChI is InChI=1S/C56H63N5O9/c1-6-45(62)14-11-17-59(18-19-67-22-23-68-21-20-65-4)42-26-38(35-69-52-31-48-46(24-37(52)2)55(63)60-43(33-57-48)28-40-12-7-9-15-49(40)60)25-39(27-42)36-70-54-32-51-47(30-53(54)66-5)56(64)61-44(34-58(51)3)29-41-13-8-10-16-50(41)61/h7-10,12-13,15-16,24-27,30-33,43-44H,6,11,14,17-23,28-29,34-36H2,1-5H3/t43-,44-/m0/s1. The zero-order valence-corrected chi connectivity index (χ0v) is 40.9. The average molecular weight is 950 g/mol. The number of hydrogen-bond donors (Lipinski definition) is 0. The number of aryl methyl sites for hydroxylation is 1. The van der Waals surface area contributed by atoms with Crippen molar-refractivity contribution < 1.29 is 42.8 Å². The highest BCUT2D eigenvalue weighted by molar-refractivity contribution is 6.15. The minimum Gasteiger partial charge on any atom is -0.493 e. The van der Waals surface area contributed by atoms with Crippen LogP contribution in [0.3, 0.4) is 0 Å². The van der Waals surface area contributed by atoms with Crippen molar-refractivity contribution in [2.24, 2.45) is 4.99 Å². The van der Waals surface area contributed by atoms with Gasteiger partial charge in [-0.15, -0.1) is 0 Å². The maximum absolute atomic E-state index is 14.3. The van der Waals surface area contributed by atoms with Crippen molar-refractivity contribution in [3.63, 3.8) is 0 Å². The number of ketones is 1. The molecule has 14 heteroatoms. The van der Waals surface area contributed by atoms with Gasteiger partial charge < -0.3 is 43.1 Å². The van der Waals surface area contributed by atoms with E-state index in [1.54, 1.807) is 20.3 Å². The molecule has 366 valence electrons. The number of carbonyl (C=O) groups excluding carboxylic acids is 3. The van der Waals surface area contributed by atoms with Gasteiger partial charge in [0, 0.05) is 88.5 Å². The van der Waals surface area contributed by atoms with Crippen molar-refractivity contribution in [2.75, 3.05) is 93.5 Å². The summed E-state index contributed by atoms with van der Waals surface area (Å²) in [5.74, 6) is 1.69. The Kier molecular flexibility index (Phi) is 15.1. The number of ether oxygens (including phenoxy) is 6. The Hall–Kier alpha value is -6.74. The number of para-hydroxylation sites is 2. The summed E-state index contributed by atoms with van der Waals surface area (Å²) < 4.78 is 35.9. The number of benzene rings is 5. The van der Waals surface area contributed by atoms with Crippen molar-refractivity contribution in [3.05, 3.63) is 130 Å². The highest BCUT2D eigenvalue weighted by Gasteiger charge is 2.40. The molecule has 0 aliphatic carbocycles. The van der Waals surface area contributed by atoms with Crippen LogP contribution in [0.2, 0.25) is 0 Å². The molecule has 4 aliphatic heterocycles. The third-order valence-electron chi connectivity index (χ3n) is 13.6. The Morgan fingerprint density at radius 3 is 2.11 bits per heavy atom. The number of aliphatic imine (C=N–C) groups is 1. The van der Waals surface area contributed by atoms with E-state index in [1.165, 1.54) is 5.56 Å². The van der Waals surface area contributed by atoms with E-state index in [0.717, 1.165) is 57.8 Å². The average Bonchev–Trinajstić information content (AvgIpc) is 3.87. The fourth-order valence-corrected chi connectivity index (χ4v) is 10.0. The van der Waals surface area contributed by atoms with Gasteiger partial charge in [-0.25, -0.2) is 0 Å². The largest absolute Gasteiger partial charge is 0.493 e. The lowest BCUT2D eigenvalue weighted by atomic mass is 10.1. The number of hydrogen-bond acceptors (Lipinski definition) is 12. The summed E-state index contributed by atoms with van der Waals surface area (Å²) in [5.41, 5.74) is 10.2. The van der Waals surface area contributed by atoms with E-state index in [2.05, 4.69) is 40.1 Å². The van der Waals surface area contributed by atoms with Crippen LogP contribution in [0.15, 0.2) is 96.0 Å². The van der Waals surface area contributed by atoms with Gasteiger partial charge in [0.15, 0.2) is 11.5 Å². The van der Waals surface area contributed by atoms with Crippen molar-refractivity contribution >= 4 is 52.2 Å². The van der Waals surface area contributed by atoms with Gasteiger partial charge in [0.05, 0.1) is 74.7 Å². The van der Waals surface area contributed by atoms with Gasteiger partial charge in [-0.3, -0.25) is 24.3 Å². The SMILES string of the molecule is CCC(=O)CCCN(CCOCCOCCOC)c1cc(COc2cc3c(cc2C)C(=O)N2c4ccccc4C[C@H]2C=N3)cc(COc2cc3c(cc2OC)C(=O)N2c4ccccc4C[C@H]2CN3C)c1. The van der Waals surface area contributed by atoms with E-state index in [9.17, 15) is 14.4 Å². The molecule has 2 amide bonds. The lowest BCUT2D eigenvalue weighted by Crippen LogP contribution is -2.41. The van der Waals surface area contributed by atoms with Crippen LogP contribution in [0.5, 0.6) is 17.2 Å². The Morgan fingerprint density at radius 1 is 0.714 bits per heavy atom. The van der Waals surface area contributed by atoms with Crippen LogP contribution in [0, 0.1) is 6.92 Å². The lowest BCUT2D eigenvalue weighted by Gasteiger charge is -2.26. The molecule has 5 aromatic rings. The Bertz CT molecular complexity index is 2760. The zero-order chi connectivity index (χ0) is 48.7. The number of fused-ring (bicyclic) bond motifs is 8. The summed E-state index contributed by atoms with van der Waals surface area (Å²) in [6, 6.07) is 29.7. The molecule has 14 nitrogen and oxygen atoms in total. The molecule has 0 saturated carbocycles. The predicted octanol–water partition coefficient (Wildman–Crippen LogP) is 8.72. The quantitative estimate of drug-likeness (QED) is 0.0618. The first kappa shape index (κ1) is 48.3. The molecule has 4 aliphatic rings. The van der Waals surface area contributed by atoms with Crippen LogP contribution in [0.25, 0.3) is 0 Å². The van der Waals surface area contributed by atoms with E-state index in [0.29, 0.717) is 106 Å². The number of rotatable bonds is 22. The van der Waals surface area contributed by atoms with Crippen molar-refractivity contribution in [1.29, 1.82) is 0 Å². The number of carbonyl (C=O) groups is 3. The first-order valence-corrected chi connectivity index (χ1v) is 24.4. The van der Waals surface area contributed by atoms with Gasteiger partial charge >= 0.3 is 0 Å². The number of nitrogens with zero attached hydrogens (tertiary/aromatic N) is 5. The molecular weight excluding hydrogens is 887 g/mol. The van der Waals surface area contributed by atoms with Crippen LogP contribution in [-0.4, -0.2) is 110 Å². The van der Waals surface area contributed by atoms with Crippen LogP contribution < -0.4 is 33.8 Å². The number of amides is 2. The maximum atomic E-state index is 14.3. The van der Waals surface area contributed by atoms with E-state index in [1.807, 2.05) is 91.5 Å². The fraction of sp³-hybridized carbons (Fsp3) is 0.393. The number of anilines is 4. The second kappa shape index (κ2) is 21.9. The van der Waals surface area contributed by atoms with Crippen molar-refractivity contribution in [1.82, 2.24) is 0 Å². The summed E-state index contributed by atoms with van der Waals surface area (Å²) in [7, 11) is 5.25. The number of likely N-dealkylation sites (N-methyl/N-ethyl adjacent to an activating group) is 1. The Balaban J connectivity index is 0.987. The molecule has 9 rings (SSSR count). The normalized spacial score (nSPS) is 16.4. The molecule has 4 heterocycles. The predicted molar refractivity (Wildman–Crippen MR) is 272 cm³/mol. The second-order valence-electron chi connectivity index (χ2n) is 18.3. The monoisotopic (exact) mass is 949 g/mol. The second-order valence-corrected chi connectivity index (χ2v) is 18.3. The molecule has 5 aromatic carbocycles. The molecule has 0 radical (unpaired) electrons. The summed E-state index contributed by atoms with van der Waals surface area (Å²) in [6.07, 6.45) is 5.04. The zero-order valence-electron chi connectivity index (χ0n) is 40.9. The molecule has 0 spiro atoms. The van der Waals surface area contributed by atoms with Gasteiger partial charge in [0.2, 0.25) is 0 Å². The third kappa shape index (κ3) is 10.4. The topological polar surface area (TPSA) is 132 Å². The smallest absolute Gasteiger partial charge is 0.261 e. The van der Waals surface area contributed by atoms with Gasteiger partial charge in [-0.1, -0.05) is 43.3 Å². The maximum Gasteiger partial charge on any atom is 0.261 e. The molecular formula is C56H63N5O9. The van der Waals surface area contributed by atoms with E-state index in [4.69, 9.17) is 33.4 Å². The van der Waals surface area contributed by atoms with Crippen LogP contribution in [0.1, 0.15) is 74.7 Å². The molecule has 0 unspecified atom stereocenters. The van der Waals surface area contributed by atoms with Gasteiger partial charge in [0.25, 0.3) is 11.8 Å². The van der Waals surface area contributed by atoms with Crippen LogP contribution in [-0.2, 0) is 45.1 Å². The molecule has 0 saturated heterocycles. The van der Waals surface area contributed by atoms with Crippen LogP contribution in [0.4, 0.5) is 28.4 Å². The van der Waals surface area contributed by atoms with Gasteiger partial charge in [-0.2, -0.15) is 0 Å². The highest BCUT2D eigenvalue weighted by atomic mass is 16.5. The summed E-state index contributed by atoms with van der Waals surface area (Å²) >= 11 is 0. The Labute approximate surface area is 410 Å². The van der Waals surface area contributed by atoms with Crippen molar-refractivity contribution in [2.45, 2.75) is 71.2 Å². The highest BCUT2D eigenvalue weighted by Crippen LogP contribution is 2.43. The first-order chi connectivity index (χ1) is 34.1. The molecule has 0 aromatic heterocycles. The lowest BCUT2D eigenvalue weighted by molar-refractivity contribution is -0.118. The van der Waals surface area contributed by atoms with E-state index < -0.39 is 0 Å². The van der Waals surface area contributed by atoms with Crippen molar-refractivity contribution in [3.8, 4) is 17.2 Å². The molecule has 70 heavy (non-hydrogen) atoms. The third-order valence-corrected chi connectivity index (χ3v) is 13.6. The molecule has 0 N–H and O–H groups in total. The van der Waals surface area contributed by atoms with Gasteiger partial charge in [-0.05, 0) is 90.0 Å². The molecule has 0 bridgehead atoms. The van der Waals surface area contributed by atoms with Gasteiger partial charge in [0.1, 0.15) is 24.7 Å². The fourth-order valence-electron chi connectivity index (χ4n) is 10.0. The minimum atomic E-state index is -0.155.